The normalized spacial score (nSPS) is 14.3. The highest BCUT2D eigenvalue weighted by Crippen LogP contribution is 2.26. The van der Waals surface area contributed by atoms with Gasteiger partial charge in [-0.2, -0.15) is 5.10 Å². The molecule has 1 heterocycles. The molecule has 0 spiro atoms. The maximum Gasteiger partial charge on any atom is 0.227 e. The van der Waals surface area contributed by atoms with Crippen LogP contribution in [0, 0.1) is 5.92 Å². The minimum atomic E-state index is 0.142. The van der Waals surface area contributed by atoms with Crippen LogP contribution in [-0.2, 0) is 24.4 Å². The first-order valence-electron chi connectivity index (χ1n) is 11.6. The third-order valence-corrected chi connectivity index (χ3v) is 6.06. The molecule has 1 amide bonds. The lowest BCUT2D eigenvalue weighted by Crippen LogP contribution is -2.36. The Morgan fingerprint density at radius 1 is 1.03 bits per heavy atom. The van der Waals surface area contributed by atoms with Crippen LogP contribution in [0.25, 0.3) is 0 Å². The number of nitrogens with zero attached hydrogens (tertiary/aromatic N) is 3. The van der Waals surface area contributed by atoms with Crippen LogP contribution in [0.5, 0.6) is 0 Å². The summed E-state index contributed by atoms with van der Waals surface area (Å²) in [6, 6.07) is 18.3. The van der Waals surface area contributed by atoms with E-state index in [0.717, 1.165) is 49.4 Å². The maximum absolute atomic E-state index is 12.4. The van der Waals surface area contributed by atoms with Gasteiger partial charge in [-0.3, -0.25) is 14.5 Å². The second-order valence-corrected chi connectivity index (χ2v) is 8.42. The number of benzene rings is 2. The summed E-state index contributed by atoms with van der Waals surface area (Å²) in [6.07, 6.45) is 8.07. The van der Waals surface area contributed by atoms with Crippen molar-refractivity contribution >= 4 is 17.6 Å². The van der Waals surface area contributed by atoms with Crippen molar-refractivity contribution in [1.82, 2.24) is 20.4 Å². The Balaban J connectivity index is 1.30. The monoisotopic (exact) mass is 444 g/mol. The molecule has 0 radical (unpaired) electrons. The molecule has 0 bridgehead atoms. The van der Waals surface area contributed by atoms with E-state index < -0.39 is 0 Å². The summed E-state index contributed by atoms with van der Waals surface area (Å²) in [5, 5.41) is 14.1. The summed E-state index contributed by atoms with van der Waals surface area (Å²) in [7, 11) is 1.77. The molecule has 3 N–H and O–H groups in total. The first-order chi connectivity index (χ1) is 16.2. The van der Waals surface area contributed by atoms with Crippen LogP contribution in [0.1, 0.15) is 42.4 Å². The number of anilines is 1. The average Bonchev–Trinajstić information content (AvgIpc) is 3.55. The van der Waals surface area contributed by atoms with E-state index in [-0.39, 0.29) is 11.8 Å². The van der Waals surface area contributed by atoms with Gasteiger partial charge in [0.05, 0.1) is 6.54 Å². The Kier molecular flexibility index (Phi) is 7.74. The van der Waals surface area contributed by atoms with Crippen molar-refractivity contribution in [2.75, 3.05) is 12.4 Å². The highest BCUT2D eigenvalue weighted by Gasteiger charge is 2.22. The molecule has 7 heteroatoms. The van der Waals surface area contributed by atoms with Gasteiger partial charge in [0.2, 0.25) is 5.91 Å². The molecule has 1 aliphatic rings. The number of carbonyl (C=O) groups excluding carboxylic acids is 1. The Morgan fingerprint density at radius 3 is 2.58 bits per heavy atom. The zero-order chi connectivity index (χ0) is 22.9. The quantitative estimate of drug-likeness (QED) is 0.363. The molecule has 0 atom stereocenters. The third kappa shape index (κ3) is 6.44. The second-order valence-electron chi connectivity index (χ2n) is 8.42. The number of aliphatic imine (C=N–C) groups is 1. The van der Waals surface area contributed by atoms with Crippen LogP contribution in [-0.4, -0.2) is 28.7 Å². The predicted molar refractivity (Wildman–Crippen MR) is 132 cm³/mol. The Bertz CT molecular complexity index is 1070. The van der Waals surface area contributed by atoms with Crippen LogP contribution in [0.15, 0.2) is 72.0 Å². The summed E-state index contributed by atoms with van der Waals surface area (Å²) in [5.74, 6) is 1.03. The zero-order valence-corrected chi connectivity index (χ0v) is 19.1. The van der Waals surface area contributed by atoms with Gasteiger partial charge in [0.15, 0.2) is 5.96 Å². The number of carbonyl (C=O) groups is 1. The number of hydrogen-bond donors (Lipinski definition) is 3. The van der Waals surface area contributed by atoms with Gasteiger partial charge < -0.3 is 16.0 Å². The van der Waals surface area contributed by atoms with E-state index in [9.17, 15) is 4.79 Å². The second kappa shape index (κ2) is 11.3. The van der Waals surface area contributed by atoms with Crippen LogP contribution in [0.3, 0.4) is 0 Å². The lowest BCUT2D eigenvalue weighted by molar-refractivity contribution is -0.119. The topological polar surface area (TPSA) is 83.3 Å². The van der Waals surface area contributed by atoms with Crippen molar-refractivity contribution in [3.05, 3.63) is 83.7 Å². The highest BCUT2D eigenvalue weighted by atomic mass is 16.1. The lowest BCUT2D eigenvalue weighted by atomic mass is 10.1. The first-order valence-corrected chi connectivity index (χ1v) is 11.6. The number of amides is 1. The molecule has 2 aromatic carbocycles. The molecule has 1 aromatic heterocycles. The molecule has 3 aromatic rings. The van der Waals surface area contributed by atoms with E-state index in [1.807, 2.05) is 53.3 Å². The van der Waals surface area contributed by atoms with Gasteiger partial charge in [0.25, 0.3) is 0 Å². The minimum absolute atomic E-state index is 0.142. The van der Waals surface area contributed by atoms with Gasteiger partial charge in [-0.1, -0.05) is 49.2 Å². The molecule has 0 aliphatic heterocycles. The first kappa shape index (κ1) is 22.6. The van der Waals surface area contributed by atoms with E-state index >= 15 is 0 Å². The molecule has 0 saturated heterocycles. The Hall–Kier alpha value is -3.61. The molecular formula is C26H32N6O. The smallest absolute Gasteiger partial charge is 0.227 e. The van der Waals surface area contributed by atoms with Gasteiger partial charge >= 0.3 is 0 Å². The van der Waals surface area contributed by atoms with E-state index in [4.69, 9.17) is 0 Å². The molecular weight excluding hydrogens is 412 g/mol. The zero-order valence-electron chi connectivity index (χ0n) is 19.1. The number of rotatable bonds is 8. The SMILES string of the molecule is CN=C(NCc1cccc(NC(=O)C2CCCC2)c1)NCc1ccccc1Cn1cccn1. The van der Waals surface area contributed by atoms with Gasteiger partial charge in [-0.25, -0.2) is 0 Å². The lowest BCUT2D eigenvalue weighted by Gasteiger charge is -2.15. The van der Waals surface area contributed by atoms with Crippen molar-refractivity contribution in [1.29, 1.82) is 0 Å². The molecule has 1 fully saturated rings. The average molecular weight is 445 g/mol. The molecule has 1 aliphatic carbocycles. The summed E-state index contributed by atoms with van der Waals surface area (Å²) in [6.45, 7) is 2.01. The number of aromatic nitrogens is 2. The molecule has 172 valence electrons. The van der Waals surface area contributed by atoms with Crippen LogP contribution >= 0.6 is 0 Å². The van der Waals surface area contributed by atoms with E-state index in [0.29, 0.717) is 13.1 Å². The number of guanidine groups is 1. The molecule has 4 rings (SSSR count). The largest absolute Gasteiger partial charge is 0.352 e. The molecule has 1 saturated carbocycles. The maximum atomic E-state index is 12.4. The predicted octanol–water partition coefficient (Wildman–Crippen LogP) is 3.93. The standard InChI is InChI=1S/C26H32N6O/c1-27-26(29-18-22-11-4-5-12-23(22)19-32-15-7-14-30-32)28-17-20-8-6-13-24(16-20)31-25(33)21-9-2-3-10-21/h4-8,11-16,21H,2-3,9-10,17-19H2,1H3,(H,31,33)(H2,27,28,29). The van der Waals surface area contributed by atoms with Crippen molar-refractivity contribution in [2.24, 2.45) is 10.9 Å². The van der Waals surface area contributed by atoms with Gasteiger partial charge in [0, 0.05) is 44.1 Å². The number of hydrogen-bond acceptors (Lipinski definition) is 3. The Labute approximate surface area is 195 Å². The van der Waals surface area contributed by atoms with Gasteiger partial charge in [-0.05, 0) is 47.7 Å². The van der Waals surface area contributed by atoms with Crippen molar-refractivity contribution in [3.8, 4) is 0 Å². The highest BCUT2D eigenvalue weighted by molar-refractivity contribution is 5.92. The van der Waals surface area contributed by atoms with E-state index in [2.05, 4.69) is 38.2 Å². The molecule has 0 unspecified atom stereocenters. The van der Waals surface area contributed by atoms with Gasteiger partial charge in [-0.15, -0.1) is 0 Å². The summed E-state index contributed by atoms with van der Waals surface area (Å²) in [4.78, 5) is 16.8. The fraction of sp³-hybridized carbons (Fsp3) is 0.346. The minimum Gasteiger partial charge on any atom is -0.352 e. The van der Waals surface area contributed by atoms with Crippen LogP contribution in [0.4, 0.5) is 5.69 Å². The summed E-state index contributed by atoms with van der Waals surface area (Å²) >= 11 is 0. The van der Waals surface area contributed by atoms with Crippen molar-refractivity contribution < 1.29 is 4.79 Å². The van der Waals surface area contributed by atoms with E-state index in [1.165, 1.54) is 11.1 Å². The fourth-order valence-electron chi connectivity index (χ4n) is 4.23. The summed E-state index contributed by atoms with van der Waals surface area (Å²) in [5.41, 5.74) is 4.35. The number of nitrogens with one attached hydrogen (secondary N) is 3. The van der Waals surface area contributed by atoms with Gasteiger partial charge in [0.1, 0.15) is 0 Å². The Morgan fingerprint density at radius 2 is 1.82 bits per heavy atom. The molecule has 33 heavy (non-hydrogen) atoms. The molecule has 7 nitrogen and oxygen atoms in total. The van der Waals surface area contributed by atoms with Crippen molar-refractivity contribution in [2.45, 2.75) is 45.3 Å². The third-order valence-electron chi connectivity index (χ3n) is 6.06. The van der Waals surface area contributed by atoms with Crippen LogP contribution < -0.4 is 16.0 Å². The summed E-state index contributed by atoms with van der Waals surface area (Å²) < 4.78 is 1.92. The van der Waals surface area contributed by atoms with Crippen LogP contribution in [0.2, 0.25) is 0 Å². The fourth-order valence-corrected chi connectivity index (χ4v) is 4.23. The van der Waals surface area contributed by atoms with E-state index in [1.54, 1.807) is 13.2 Å². The van der Waals surface area contributed by atoms with Crippen molar-refractivity contribution in [3.63, 3.8) is 0 Å².